The Morgan fingerprint density at radius 3 is 2.57 bits per heavy atom. The van der Waals surface area contributed by atoms with Gasteiger partial charge in [0.15, 0.2) is 0 Å². The molecule has 1 aliphatic carbocycles. The summed E-state index contributed by atoms with van der Waals surface area (Å²) in [5.41, 5.74) is 3.20. The van der Waals surface area contributed by atoms with Gasteiger partial charge in [0, 0.05) is 28.0 Å². The molecule has 4 nitrogen and oxygen atoms in total. The predicted octanol–water partition coefficient (Wildman–Crippen LogP) is 5.34. The van der Waals surface area contributed by atoms with E-state index in [1.54, 1.807) is 0 Å². The maximum Gasteiger partial charge on any atom is 0.225 e. The molecule has 0 saturated heterocycles. The van der Waals surface area contributed by atoms with Gasteiger partial charge < -0.3 is 10.6 Å². The van der Waals surface area contributed by atoms with Crippen molar-refractivity contribution in [3.63, 3.8) is 0 Å². The van der Waals surface area contributed by atoms with E-state index in [9.17, 15) is 0 Å². The number of rotatable bonds is 4. The topological polar surface area (TPSA) is 49.8 Å². The summed E-state index contributed by atoms with van der Waals surface area (Å²) < 4.78 is 1.09. The lowest BCUT2D eigenvalue weighted by molar-refractivity contribution is 0.461. The molecule has 2 aromatic rings. The number of hydrogen-bond donors (Lipinski definition) is 2. The molecule has 0 atom stereocenters. The highest BCUT2D eigenvalue weighted by Crippen LogP contribution is 2.24. The number of anilines is 3. The quantitative estimate of drug-likeness (QED) is 0.757. The Bertz CT molecular complexity index is 681. The largest absolute Gasteiger partial charge is 0.351 e. The summed E-state index contributed by atoms with van der Waals surface area (Å²) in [7, 11) is 0. The number of halogens is 1. The van der Waals surface area contributed by atoms with Crippen LogP contribution >= 0.6 is 15.9 Å². The molecule has 1 saturated carbocycles. The first kappa shape index (κ1) is 16.2. The minimum absolute atomic E-state index is 0.506. The Kier molecular flexibility index (Phi) is 5.16. The van der Waals surface area contributed by atoms with Crippen molar-refractivity contribution in [1.82, 2.24) is 9.97 Å². The van der Waals surface area contributed by atoms with Crippen molar-refractivity contribution in [2.45, 2.75) is 52.0 Å². The van der Waals surface area contributed by atoms with E-state index in [1.807, 2.05) is 13.0 Å². The molecular formula is C18H23BrN4. The molecule has 0 aliphatic heterocycles. The third-order valence-corrected chi connectivity index (χ3v) is 5.09. The summed E-state index contributed by atoms with van der Waals surface area (Å²) in [6.07, 6.45) is 6.37. The normalized spacial score (nSPS) is 15.4. The molecule has 1 heterocycles. The lowest BCUT2D eigenvalue weighted by Crippen LogP contribution is -2.23. The first-order chi connectivity index (χ1) is 11.1. The Morgan fingerprint density at radius 2 is 1.83 bits per heavy atom. The zero-order valence-corrected chi connectivity index (χ0v) is 15.3. The van der Waals surface area contributed by atoms with Crippen LogP contribution in [-0.2, 0) is 0 Å². The van der Waals surface area contributed by atoms with Gasteiger partial charge in [-0.3, -0.25) is 0 Å². The van der Waals surface area contributed by atoms with Gasteiger partial charge in [0.2, 0.25) is 5.95 Å². The number of nitrogens with one attached hydrogen (secondary N) is 2. The first-order valence-electron chi connectivity index (χ1n) is 8.25. The maximum absolute atomic E-state index is 4.63. The molecule has 122 valence electrons. The number of aromatic nitrogens is 2. The van der Waals surface area contributed by atoms with Crippen molar-refractivity contribution in [1.29, 1.82) is 0 Å². The van der Waals surface area contributed by atoms with E-state index >= 15 is 0 Å². The zero-order valence-electron chi connectivity index (χ0n) is 13.7. The van der Waals surface area contributed by atoms with Crippen LogP contribution < -0.4 is 10.6 Å². The predicted molar refractivity (Wildman–Crippen MR) is 99.4 cm³/mol. The number of hydrogen-bond acceptors (Lipinski definition) is 4. The molecule has 0 spiro atoms. The van der Waals surface area contributed by atoms with Crippen LogP contribution in [0.25, 0.3) is 0 Å². The van der Waals surface area contributed by atoms with Crippen molar-refractivity contribution in [3.8, 4) is 0 Å². The monoisotopic (exact) mass is 374 g/mol. The third-order valence-electron chi connectivity index (χ3n) is 4.24. The minimum Gasteiger partial charge on any atom is -0.351 e. The summed E-state index contributed by atoms with van der Waals surface area (Å²) >= 11 is 3.57. The van der Waals surface area contributed by atoms with Crippen molar-refractivity contribution < 1.29 is 0 Å². The fourth-order valence-corrected chi connectivity index (χ4v) is 3.32. The molecule has 23 heavy (non-hydrogen) atoms. The fourth-order valence-electron chi connectivity index (χ4n) is 2.95. The Morgan fingerprint density at radius 1 is 1.04 bits per heavy atom. The smallest absolute Gasteiger partial charge is 0.225 e. The van der Waals surface area contributed by atoms with E-state index in [2.05, 4.69) is 61.7 Å². The molecule has 0 unspecified atom stereocenters. The van der Waals surface area contributed by atoms with E-state index in [1.165, 1.54) is 37.7 Å². The third kappa shape index (κ3) is 4.44. The van der Waals surface area contributed by atoms with E-state index in [0.29, 0.717) is 6.04 Å². The van der Waals surface area contributed by atoms with Gasteiger partial charge in [-0.1, -0.05) is 41.3 Å². The second-order valence-corrected chi connectivity index (χ2v) is 7.14. The fraction of sp³-hybridized carbons (Fsp3) is 0.444. The molecule has 1 aromatic heterocycles. The Hall–Kier alpha value is -1.62. The molecule has 0 bridgehead atoms. The van der Waals surface area contributed by atoms with Gasteiger partial charge >= 0.3 is 0 Å². The lowest BCUT2D eigenvalue weighted by atomic mass is 9.96. The van der Waals surface area contributed by atoms with Crippen molar-refractivity contribution in [2.24, 2.45) is 0 Å². The molecule has 3 rings (SSSR count). The summed E-state index contributed by atoms with van der Waals surface area (Å²) in [6, 6.07) is 8.70. The molecule has 1 fully saturated rings. The van der Waals surface area contributed by atoms with Gasteiger partial charge in [0.05, 0.1) is 0 Å². The SMILES string of the molecule is Cc1cc(Nc2ccc(C)c(Br)c2)nc(NC2CCCCC2)n1. The average molecular weight is 375 g/mol. The van der Waals surface area contributed by atoms with E-state index < -0.39 is 0 Å². The summed E-state index contributed by atoms with van der Waals surface area (Å²) in [5, 5.41) is 6.87. The van der Waals surface area contributed by atoms with Gasteiger partial charge in [0.25, 0.3) is 0 Å². The summed E-state index contributed by atoms with van der Waals surface area (Å²) in [4.78, 5) is 9.16. The van der Waals surface area contributed by atoms with Gasteiger partial charge in [-0.15, -0.1) is 0 Å². The molecule has 0 radical (unpaired) electrons. The van der Waals surface area contributed by atoms with Gasteiger partial charge in [-0.25, -0.2) is 4.98 Å². The zero-order chi connectivity index (χ0) is 16.2. The molecule has 0 amide bonds. The van der Waals surface area contributed by atoms with Crippen molar-refractivity contribution in [3.05, 3.63) is 40.0 Å². The first-order valence-corrected chi connectivity index (χ1v) is 9.05. The van der Waals surface area contributed by atoms with E-state index in [4.69, 9.17) is 0 Å². The van der Waals surface area contributed by atoms with Gasteiger partial charge in [0.1, 0.15) is 5.82 Å². The number of nitrogens with zero attached hydrogens (tertiary/aromatic N) is 2. The van der Waals surface area contributed by atoms with Crippen molar-refractivity contribution in [2.75, 3.05) is 10.6 Å². The molecular weight excluding hydrogens is 352 g/mol. The van der Waals surface area contributed by atoms with Crippen molar-refractivity contribution >= 4 is 33.4 Å². The highest BCUT2D eigenvalue weighted by atomic mass is 79.9. The number of benzene rings is 1. The van der Waals surface area contributed by atoms with Crippen LogP contribution in [0.4, 0.5) is 17.5 Å². The van der Waals surface area contributed by atoms with Gasteiger partial charge in [-0.05, 0) is 44.4 Å². The maximum atomic E-state index is 4.63. The van der Waals surface area contributed by atoms with Crippen LogP contribution in [0, 0.1) is 13.8 Å². The lowest BCUT2D eigenvalue weighted by Gasteiger charge is -2.23. The highest BCUT2D eigenvalue weighted by Gasteiger charge is 2.14. The van der Waals surface area contributed by atoms with Crippen LogP contribution in [0.15, 0.2) is 28.7 Å². The molecule has 1 aliphatic rings. The standard InChI is InChI=1S/C18H23BrN4/c1-12-8-9-15(11-16(12)19)21-17-10-13(2)20-18(23-17)22-14-6-4-3-5-7-14/h8-11,14H,3-7H2,1-2H3,(H2,20,21,22,23). The molecule has 5 heteroatoms. The van der Waals surface area contributed by atoms with E-state index in [-0.39, 0.29) is 0 Å². The highest BCUT2D eigenvalue weighted by molar-refractivity contribution is 9.10. The van der Waals surface area contributed by atoms with Crippen LogP contribution in [0.3, 0.4) is 0 Å². The summed E-state index contributed by atoms with van der Waals surface area (Å²) in [5.74, 6) is 1.55. The second kappa shape index (κ2) is 7.30. The second-order valence-electron chi connectivity index (χ2n) is 6.29. The average Bonchev–Trinajstić information content (AvgIpc) is 2.51. The van der Waals surface area contributed by atoms with Crippen LogP contribution in [0.5, 0.6) is 0 Å². The van der Waals surface area contributed by atoms with Crippen LogP contribution in [-0.4, -0.2) is 16.0 Å². The minimum atomic E-state index is 0.506. The Balaban J connectivity index is 1.75. The molecule has 1 aromatic carbocycles. The molecule has 2 N–H and O–H groups in total. The summed E-state index contributed by atoms with van der Waals surface area (Å²) in [6.45, 7) is 4.08. The van der Waals surface area contributed by atoms with Crippen LogP contribution in [0.1, 0.15) is 43.4 Å². The van der Waals surface area contributed by atoms with Gasteiger partial charge in [-0.2, -0.15) is 4.98 Å². The van der Waals surface area contributed by atoms with E-state index in [0.717, 1.165) is 27.6 Å². The Labute approximate surface area is 146 Å². The number of aryl methyl sites for hydroxylation is 2. The van der Waals surface area contributed by atoms with Crippen LogP contribution in [0.2, 0.25) is 0 Å².